The van der Waals surface area contributed by atoms with Crippen LogP contribution in [0, 0.1) is 0 Å². The van der Waals surface area contributed by atoms with Gasteiger partial charge in [0.25, 0.3) is 0 Å². The lowest BCUT2D eigenvalue weighted by Gasteiger charge is -2.37. The molecule has 328 valence electrons. The van der Waals surface area contributed by atoms with Gasteiger partial charge < -0.3 is 0 Å². The Morgan fingerprint density at radius 1 is 0.328 bits per heavy atom. The maximum atomic E-state index is 4.46. The predicted molar refractivity (Wildman–Crippen MR) is 263 cm³/mol. The summed E-state index contributed by atoms with van der Waals surface area (Å²) in [6.45, 7) is 1.27. The van der Waals surface area contributed by atoms with Crippen molar-refractivity contribution >= 4 is 0 Å². The van der Waals surface area contributed by atoms with E-state index in [4.69, 9.17) is 0 Å². The number of hydrogen-bond donors (Lipinski definition) is 2. The molecule has 2 N–H and O–H groups in total. The number of benzene rings is 8. The second-order valence-electron chi connectivity index (χ2n) is 16.6. The van der Waals surface area contributed by atoms with Gasteiger partial charge in [0.1, 0.15) is 0 Å². The molecular weight excluding hydrogens is 825 g/mol. The molecule has 0 saturated heterocycles. The molecule has 10 rings (SSSR count). The van der Waals surface area contributed by atoms with Crippen LogP contribution in [0.1, 0.15) is 56.2 Å². The van der Waals surface area contributed by atoms with Gasteiger partial charge >= 0.3 is 0 Å². The quantitative estimate of drug-likeness (QED) is 0.0821. The van der Waals surface area contributed by atoms with Crippen molar-refractivity contribution in [1.29, 1.82) is 0 Å². The van der Waals surface area contributed by atoms with Gasteiger partial charge in [-0.05, 0) is 96.0 Å². The molecule has 2 aromatic heterocycles. The summed E-state index contributed by atoms with van der Waals surface area (Å²) in [4.78, 5) is 0. The van der Waals surface area contributed by atoms with Crippen LogP contribution < -0.4 is 10.6 Å². The molecular formula is C57H50N10. The lowest BCUT2D eigenvalue weighted by atomic mass is 9.77. The molecule has 2 heterocycles. The van der Waals surface area contributed by atoms with Crippen molar-refractivity contribution in [3.63, 3.8) is 0 Å². The third-order valence-electron chi connectivity index (χ3n) is 12.6. The first-order chi connectivity index (χ1) is 33.2. The first kappa shape index (κ1) is 42.8. The van der Waals surface area contributed by atoms with Gasteiger partial charge in [-0.2, -0.15) is 9.36 Å². The van der Waals surface area contributed by atoms with Crippen LogP contribution in [0.2, 0.25) is 0 Å². The summed E-state index contributed by atoms with van der Waals surface area (Å²) in [6, 6.07) is 80.7. The first-order valence-corrected chi connectivity index (χ1v) is 22.8. The van der Waals surface area contributed by atoms with Crippen LogP contribution in [-0.4, -0.2) is 53.5 Å². The van der Waals surface area contributed by atoms with E-state index >= 15 is 0 Å². The number of aromatic nitrogens is 8. The second-order valence-corrected chi connectivity index (χ2v) is 16.6. The molecule has 0 atom stereocenters. The lowest BCUT2D eigenvalue weighted by molar-refractivity contribution is 0.471. The Kier molecular flexibility index (Phi) is 12.7. The highest BCUT2D eigenvalue weighted by Crippen LogP contribution is 2.38. The van der Waals surface area contributed by atoms with Crippen LogP contribution in [0.15, 0.2) is 231 Å². The van der Waals surface area contributed by atoms with Gasteiger partial charge in [-0.3, -0.25) is 10.6 Å². The summed E-state index contributed by atoms with van der Waals surface area (Å²) < 4.78 is 3.67. The minimum absolute atomic E-state index is 0.573. The summed E-state index contributed by atoms with van der Waals surface area (Å²) in [7, 11) is 0. The van der Waals surface area contributed by atoms with Crippen molar-refractivity contribution in [2.45, 2.75) is 30.3 Å². The van der Waals surface area contributed by atoms with Gasteiger partial charge in [0, 0.05) is 25.9 Å². The smallest absolute Gasteiger partial charge is 0.157 e. The highest BCUT2D eigenvalue weighted by Gasteiger charge is 2.37. The van der Waals surface area contributed by atoms with E-state index in [1.54, 1.807) is 0 Å². The van der Waals surface area contributed by atoms with Crippen LogP contribution in [0.4, 0.5) is 0 Å². The molecule has 0 aliphatic heterocycles. The average Bonchev–Trinajstić information content (AvgIpc) is 4.09. The van der Waals surface area contributed by atoms with Crippen molar-refractivity contribution in [2.75, 3.05) is 13.1 Å². The monoisotopic (exact) mass is 874 g/mol. The Morgan fingerprint density at radius 2 is 0.597 bits per heavy atom. The van der Waals surface area contributed by atoms with Crippen molar-refractivity contribution in [2.24, 2.45) is 0 Å². The van der Waals surface area contributed by atoms with E-state index in [2.05, 4.69) is 272 Å². The third-order valence-corrected chi connectivity index (χ3v) is 12.6. The fraction of sp³-hybridized carbons (Fsp3) is 0.123. The zero-order valence-corrected chi connectivity index (χ0v) is 37.1. The molecule has 0 fully saturated rings. The van der Waals surface area contributed by atoms with E-state index in [0.29, 0.717) is 25.9 Å². The van der Waals surface area contributed by atoms with E-state index in [0.717, 1.165) is 62.8 Å². The number of nitrogens with one attached hydrogen (secondary N) is 2. The second kappa shape index (κ2) is 19.9. The topological polar surface area (TPSA) is 111 Å². The molecule has 0 unspecified atom stereocenters. The molecule has 8 aromatic carbocycles. The molecule has 0 bridgehead atoms. The van der Waals surface area contributed by atoms with Crippen molar-refractivity contribution in [1.82, 2.24) is 51.0 Å². The van der Waals surface area contributed by atoms with E-state index in [1.807, 2.05) is 9.36 Å². The molecule has 0 saturated carbocycles. The fourth-order valence-electron chi connectivity index (χ4n) is 9.33. The number of tetrazole rings is 2. The molecule has 0 radical (unpaired) electrons. The minimum Gasteiger partial charge on any atom is -0.300 e. The van der Waals surface area contributed by atoms with Crippen LogP contribution >= 0.6 is 0 Å². The molecule has 0 aliphatic carbocycles. The number of hydrogen-bond acceptors (Lipinski definition) is 8. The standard InChI is InChI=1S/C57H50N10/c1-7-19-46(20-8-1)56(47-21-9-2-10-22-47,48-23-11-3-12-24-48)58-41-39-54-60-62-64-66(54)52-35-31-44(32-36-52)43-45-33-37-53(38-34-45)67-55(61-63-65-67)40-42-59-57(49-25-13-4-14-26-49,50-27-15-5-16-28-50)51-29-17-6-18-30-51/h1-38,58-59H,39-43H2. The summed E-state index contributed by atoms with van der Waals surface area (Å²) in [5.41, 5.74) is 10.0. The zero-order valence-electron chi connectivity index (χ0n) is 37.1. The van der Waals surface area contributed by atoms with Crippen molar-refractivity contribution in [3.8, 4) is 11.4 Å². The van der Waals surface area contributed by atoms with Gasteiger partial charge in [0.2, 0.25) is 0 Å². The maximum Gasteiger partial charge on any atom is 0.157 e. The Hall–Kier alpha value is -8.18. The molecule has 10 heteroatoms. The van der Waals surface area contributed by atoms with E-state index in [-0.39, 0.29) is 0 Å². The van der Waals surface area contributed by atoms with E-state index in [1.165, 1.54) is 11.1 Å². The number of nitrogens with zero attached hydrogens (tertiary/aromatic N) is 8. The van der Waals surface area contributed by atoms with Crippen LogP contribution in [0.5, 0.6) is 0 Å². The van der Waals surface area contributed by atoms with Crippen LogP contribution in [0.25, 0.3) is 11.4 Å². The normalized spacial score (nSPS) is 11.7. The van der Waals surface area contributed by atoms with Crippen molar-refractivity contribution < 1.29 is 0 Å². The van der Waals surface area contributed by atoms with Crippen molar-refractivity contribution in [3.05, 3.63) is 287 Å². The van der Waals surface area contributed by atoms with Gasteiger partial charge in [-0.25, -0.2) is 0 Å². The third kappa shape index (κ3) is 8.96. The highest BCUT2D eigenvalue weighted by atomic mass is 15.5. The zero-order chi connectivity index (χ0) is 45.1. The first-order valence-electron chi connectivity index (χ1n) is 22.8. The summed E-state index contributed by atoms with van der Waals surface area (Å²) in [5.74, 6) is 1.55. The number of rotatable bonds is 18. The Morgan fingerprint density at radius 3 is 0.866 bits per heavy atom. The predicted octanol–water partition coefficient (Wildman–Crippen LogP) is 9.48. The molecule has 10 aromatic rings. The van der Waals surface area contributed by atoms with Crippen LogP contribution in [0.3, 0.4) is 0 Å². The lowest BCUT2D eigenvalue weighted by Crippen LogP contribution is -2.45. The molecule has 0 aliphatic rings. The highest BCUT2D eigenvalue weighted by molar-refractivity contribution is 5.51. The maximum absolute atomic E-state index is 4.46. The Bertz CT molecular complexity index is 2660. The molecule has 0 amide bonds. The van der Waals surface area contributed by atoms with Gasteiger partial charge in [-0.1, -0.05) is 206 Å². The van der Waals surface area contributed by atoms with Gasteiger partial charge in [-0.15, -0.1) is 10.2 Å². The van der Waals surface area contributed by atoms with E-state index < -0.39 is 11.1 Å². The summed E-state index contributed by atoms with van der Waals surface area (Å²) >= 11 is 0. The molecule has 67 heavy (non-hydrogen) atoms. The fourth-order valence-corrected chi connectivity index (χ4v) is 9.33. The summed E-state index contributed by atoms with van der Waals surface area (Å²) in [6.07, 6.45) is 2.00. The SMILES string of the molecule is c1ccc(C(NCCc2nnnn2-c2ccc(Cc3ccc(-n4nnnc4CCNC(c4ccccc4)(c4ccccc4)c4ccccc4)cc3)cc2)(c2ccccc2)c2ccccc2)cc1. The van der Waals surface area contributed by atoms with Gasteiger partial charge in [0.15, 0.2) is 11.6 Å². The summed E-state index contributed by atoms with van der Waals surface area (Å²) in [5, 5.41) is 33.8. The van der Waals surface area contributed by atoms with E-state index in [9.17, 15) is 0 Å². The van der Waals surface area contributed by atoms with Gasteiger partial charge in [0.05, 0.1) is 22.5 Å². The minimum atomic E-state index is -0.573. The van der Waals surface area contributed by atoms with Crippen LogP contribution in [-0.2, 0) is 30.3 Å². The average molecular weight is 875 g/mol. The molecule has 10 nitrogen and oxygen atoms in total. The molecule has 0 spiro atoms. The Balaban J connectivity index is 0.807. The Labute approximate surface area is 391 Å². The largest absolute Gasteiger partial charge is 0.300 e.